The number of fused-ring (bicyclic) bond motifs is 1. The first-order chi connectivity index (χ1) is 11.6. The molecule has 5 nitrogen and oxygen atoms in total. The molecule has 0 spiro atoms. The zero-order valence-electron chi connectivity index (χ0n) is 12.6. The van der Waals surface area contributed by atoms with Gasteiger partial charge in [0.1, 0.15) is 17.8 Å². The lowest BCUT2D eigenvalue weighted by Crippen LogP contribution is -2.25. The smallest absolute Gasteiger partial charge is 0.266 e. The number of H-pyrrole nitrogens is 1. The van der Waals surface area contributed by atoms with Crippen LogP contribution in [-0.2, 0) is 0 Å². The van der Waals surface area contributed by atoms with Crippen LogP contribution in [0.25, 0.3) is 22.2 Å². The maximum absolute atomic E-state index is 13.6. The van der Waals surface area contributed by atoms with Gasteiger partial charge in [-0.05, 0) is 17.7 Å². The van der Waals surface area contributed by atoms with E-state index in [9.17, 15) is 8.78 Å². The van der Waals surface area contributed by atoms with E-state index in [1.165, 1.54) is 6.33 Å². The van der Waals surface area contributed by atoms with Crippen molar-refractivity contribution in [3.63, 3.8) is 0 Å². The fourth-order valence-corrected chi connectivity index (χ4v) is 3.09. The topological polar surface area (TPSA) is 68.6 Å². The second-order valence-corrected chi connectivity index (χ2v) is 5.84. The van der Waals surface area contributed by atoms with Crippen LogP contribution >= 0.6 is 0 Å². The van der Waals surface area contributed by atoms with Crippen LogP contribution in [0.15, 0.2) is 36.8 Å². The molecule has 0 atom stereocenters. The summed E-state index contributed by atoms with van der Waals surface area (Å²) < 4.78 is 27.2. The predicted molar refractivity (Wildman–Crippen MR) is 85.8 cm³/mol. The van der Waals surface area contributed by atoms with E-state index >= 15 is 0 Å². The Balaban J connectivity index is 1.88. The summed E-state index contributed by atoms with van der Waals surface area (Å²) in [6.07, 6.45) is 2.97. The van der Waals surface area contributed by atoms with Crippen LogP contribution < -0.4 is 4.90 Å². The third-order valence-corrected chi connectivity index (χ3v) is 4.22. The Bertz CT molecular complexity index is 957. The Morgan fingerprint density at radius 3 is 2.92 bits per heavy atom. The molecule has 1 fully saturated rings. The highest BCUT2D eigenvalue weighted by atomic mass is 19.3. The van der Waals surface area contributed by atoms with Crippen LogP contribution in [-0.4, -0.2) is 34.0 Å². The summed E-state index contributed by atoms with van der Waals surface area (Å²) in [5.41, 5.74) is 2.75. The second kappa shape index (κ2) is 5.27. The van der Waals surface area contributed by atoms with E-state index in [2.05, 4.69) is 21.0 Å². The van der Waals surface area contributed by atoms with Crippen LogP contribution in [0.5, 0.6) is 0 Å². The molecule has 1 aliphatic rings. The molecule has 4 rings (SSSR count). The van der Waals surface area contributed by atoms with Gasteiger partial charge in [0.15, 0.2) is 0 Å². The summed E-state index contributed by atoms with van der Waals surface area (Å²) >= 11 is 0. The van der Waals surface area contributed by atoms with Crippen molar-refractivity contribution in [2.45, 2.75) is 12.3 Å². The molecule has 1 N–H and O–H groups in total. The van der Waals surface area contributed by atoms with Gasteiger partial charge in [-0.1, -0.05) is 12.1 Å². The van der Waals surface area contributed by atoms with Gasteiger partial charge in [-0.25, -0.2) is 18.7 Å². The molecule has 120 valence electrons. The van der Waals surface area contributed by atoms with E-state index in [4.69, 9.17) is 5.26 Å². The van der Waals surface area contributed by atoms with E-state index in [1.807, 2.05) is 6.07 Å². The normalized spacial score (nSPS) is 16.5. The molecule has 2 aromatic heterocycles. The number of halogens is 2. The lowest BCUT2D eigenvalue weighted by molar-refractivity contribution is 0.0257. The highest BCUT2D eigenvalue weighted by Gasteiger charge is 2.39. The quantitative estimate of drug-likeness (QED) is 0.784. The van der Waals surface area contributed by atoms with Gasteiger partial charge in [-0.2, -0.15) is 5.26 Å². The lowest BCUT2D eigenvalue weighted by atomic mass is 10.0. The van der Waals surface area contributed by atoms with Crippen molar-refractivity contribution in [1.29, 1.82) is 5.26 Å². The number of nitriles is 1. The standard InChI is InChI=1S/C17H13F2N5/c18-17(19)4-5-24(9-17)16-14-13(8-21-15(14)22-10-23-16)12-3-1-2-11(6-12)7-20/h1-3,6,8,10H,4-5,9H2,(H,21,22,23). The largest absolute Gasteiger partial charge is 0.350 e. The van der Waals surface area contributed by atoms with Gasteiger partial charge in [0.25, 0.3) is 5.92 Å². The molecule has 0 radical (unpaired) electrons. The fraction of sp³-hybridized carbons (Fsp3) is 0.235. The minimum absolute atomic E-state index is 0.178. The average molecular weight is 325 g/mol. The van der Waals surface area contributed by atoms with Gasteiger partial charge >= 0.3 is 0 Å². The number of anilines is 1. The first kappa shape index (κ1) is 14.6. The van der Waals surface area contributed by atoms with Crippen LogP contribution in [0.3, 0.4) is 0 Å². The van der Waals surface area contributed by atoms with E-state index in [-0.39, 0.29) is 19.5 Å². The van der Waals surface area contributed by atoms with Gasteiger partial charge in [-0.3, -0.25) is 0 Å². The summed E-state index contributed by atoms with van der Waals surface area (Å²) in [6, 6.07) is 9.25. The lowest BCUT2D eigenvalue weighted by Gasteiger charge is -2.18. The average Bonchev–Trinajstić information content (AvgIpc) is 3.18. The van der Waals surface area contributed by atoms with Crippen molar-refractivity contribution < 1.29 is 8.78 Å². The molecule has 1 saturated heterocycles. The molecule has 3 aromatic rings. The number of hydrogen-bond donors (Lipinski definition) is 1. The van der Waals surface area contributed by atoms with Crippen molar-refractivity contribution >= 4 is 16.9 Å². The molecule has 7 heteroatoms. The van der Waals surface area contributed by atoms with Gasteiger partial charge < -0.3 is 9.88 Å². The minimum Gasteiger partial charge on any atom is -0.350 e. The van der Waals surface area contributed by atoms with E-state index in [0.29, 0.717) is 22.4 Å². The number of aromatic nitrogens is 3. The highest BCUT2D eigenvalue weighted by Crippen LogP contribution is 2.37. The van der Waals surface area contributed by atoms with Gasteiger partial charge in [0, 0.05) is 24.7 Å². The summed E-state index contributed by atoms with van der Waals surface area (Å²) in [5, 5.41) is 9.78. The van der Waals surface area contributed by atoms with Crippen LogP contribution in [0, 0.1) is 11.3 Å². The van der Waals surface area contributed by atoms with Crippen molar-refractivity contribution in [2.24, 2.45) is 0 Å². The Kier molecular flexibility index (Phi) is 3.20. The number of nitrogens with zero attached hydrogens (tertiary/aromatic N) is 4. The number of hydrogen-bond acceptors (Lipinski definition) is 4. The first-order valence-corrected chi connectivity index (χ1v) is 7.53. The summed E-state index contributed by atoms with van der Waals surface area (Å²) in [5.74, 6) is -2.20. The molecule has 0 amide bonds. The third-order valence-electron chi connectivity index (χ3n) is 4.22. The first-order valence-electron chi connectivity index (χ1n) is 7.53. The monoisotopic (exact) mass is 325 g/mol. The zero-order valence-corrected chi connectivity index (χ0v) is 12.6. The molecule has 0 unspecified atom stereocenters. The van der Waals surface area contributed by atoms with Crippen molar-refractivity contribution in [3.8, 4) is 17.2 Å². The Hall–Kier alpha value is -3.01. The molecule has 3 heterocycles. The number of rotatable bonds is 2. The fourth-order valence-electron chi connectivity index (χ4n) is 3.09. The molecular formula is C17H13F2N5. The Labute approximate surface area is 136 Å². The van der Waals surface area contributed by atoms with Gasteiger partial charge in [0.2, 0.25) is 0 Å². The zero-order chi connectivity index (χ0) is 16.7. The van der Waals surface area contributed by atoms with E-state index in [0.717, 1.165) is 11.1 Å². The maximum Gasteiger partial charge on any atom is 0.266 e. The second-order valence-electron chi connectivity index (χ2n) is 5.84. The van der Waals surface area contributed by atoms with Crippen molar-refractivity contribution in [1.82, 2.24) is 15.0 Å². The Morgan fingerprint density at radius 2 is 2.17 bits per heavy atom. The number of aromatic amines is 1. The summed E-state index contributed by atoms with van der Waals surface area (Å²) in [4.78, 5) is 13.1. The van der Waals surface area contributed by atoms with Crippen LogP contribution in [0.2, 0.25) is 0 Å². The minimum atomic E-state index is -2.70. The number of alkyl halides is 2. The molecule has 24 heavy (non-hydrogen) atoms. The third kappa shape index (κ3) is 2.36. The van der Waals surface area contributed by atoms with Crippen molar-refractivity contribution in [2.75, 3.05) is 18.0 Å². The molecular weight excluding hydrogens is 312 g/mol. The van der Waals surface area contributed by atoms with Crippen LogP contribution in [0.1, 0.15) is 12.0 Å². The molecule has 1 aromatic carbocycles. The Morgan fingerprint density at radius 1 is 1.29 bits per heavy atom. The summed E-state index contributed by atoms with van der Waals surface area (Å²) in [7, 11) is 0. The molecule has 0 aliphatic carbocycles. The van der Waals surface area contributed by atoms with E-state index < -0.39 is 5.92 Å². The summed E-state index contributed by atoms with van der Waals surface area (Å²) in [6.45, 7) is -0.0933. The SMILES string of the molecule is N#Cc1cccc(-c2c[nH]c3ncnc(N4CCC(F)(F)C4)c23)c1. The van der Waals surface area contributed by atoms with Gasteiger partial charge in [0.05, 0.1) is 23.6 Å². The maximum atomic E-state index is 13.6. The van der Waals surface area contributed by atoms with E-state index in [1.54, 1.807) is 29.3 Å². The molecule has 1 aliphatic heterocycles. The predicted octanol–water partition coefficient (Wildman–Crippen LogP) is 3.34. The van der Waals surface area contributed by atoms with Gasteiger partial charge in [-0.15, -0.1) is 0 Å². The van der Waals surface area contributed by atoms with Crippen molar-refractivity contribution in [3.05, 3.63) is 42.4 Å². The van der Waals surface area contributed by atoms with Crippen LogP contribution in [0.4, 0.5) is 14.6 Å². The molecule has 0 saturated carbocycles. The molecule has 0 bridgehead atoms. The highest BCUT2D eigenvalue weighted by molar-refractivity contribution is 6.01. The number of benzene rings is 1. The number of nitrogens with one attached hydrogen (secondary N) is 1.